The van der Waals surface area contributed by atoms with Crippen molar-refractivity contribution in [2.45, 2.75) is 25.8 Å². The molecule has 2 aromatic carbocycles. The van der Waals surface area contributed by atoms with Crippen LogP contribution in [-0.2, 0) is 28.7 Å². The number of halogens is 1. The maximum Gasteiger partial charge on any atom is 0.191 e. The fourth-order valence-corrected chi connectivity index (χ4v) is 3.26. The van der Waals surface area contributed by atoms with Crippen LogP contribution in [0, 0.1) is 12.7 Å². The quantitative estimate of drug-likeness (QED) is 0.600. The second kappa shape index (κ2) is 8.80. The molecule has 0 aliphatic heterocycles. The molecule has 26 heavy (non-hydrogen) atoms. The Morgan fingerprint density at radius 2 is 1.54 bits per heavy atom. The lowest BCUT2D eigenvalue weighted by atomic mass is 10.1. The lowest BCUT2D eigenvalue weighted by Gasteiger charge is -2.13. The molecular formula is C19H24FN3O2S. The van der Waals surface area contributed by atoms with Gasteiger partial charge in [-0.05, 0) is 35.2 Å². The third-order valence-electron chi connectivity index (χ3n) is 3.82. The van der Waals surface area contributed by atoms with Crippen LogP contribution >= 0.6 is 0 Å². The molecule has 7 heteroatoms. The van der Waals surface area contributed by atoms with Gasteiger partial charge in [0.05, 0.1) is 5.75 Å². The monoisotopic (exact) mass is 377 g/mol. The molecule has 0 saturated carbocycles. The molecule has 0 unspecified atom stereocenters. The molecule has 0 aromatic heterocycles. The molecule has 2 N–H and O–H groups in total. The number of guanidine groups is 1. The van der Waals surface area contributed by atoms with E-state index in [1.165, 1.54) is 12.3 Å². The third kappa shape index (κ3) is 6.48. The normalized spacial score (nSPS) is 12.1. The van der Waals surface area contributed by atoms with Crippen LogP contribution in [-0.4, -0.2) is 27.7 Å². The summed E-state index contributed by atoms with van der Waals surface area (Å²) in [5.74, 6) is 0.462. The van der Waals surface area contributed by atoms with E-state index in [1.54, 1.807) is 26.1 Å². The lowest BCUT2D eigenvalue weighted by molar-refractivity contribution is 0.601. The summed E-state index contributed by atoms with van der Waals surface area (Å²) >= 11 is 0. The van der Waals surface area contributed by atoms with Crippen LogP contribution in [0.5, 0.6) is 0 Å². The van der Waals surface area contributed by atoms with E-state index in [-0.39, 0.29) is 11.6 Å². The molecular weight excluding hydrogens is 353 g/mol. The minimum Gasteiger partial charge on any atom is -0.352 e. The van der Waals surface area contributed by atoms with E-state index in [9.17, 15) is 12.8 Å². The molecule has 0 aliphatic rings. The van der Waals surface area contributed by atoms with Crippen molar-refractivity contribution >= 4 is 15.8 Å². The van der Waals surface area contributed by atoms with E-state index in [0.29, 0.717) is 24.6 Å². The average molecular weight is 377 g/mol. The van der Waals surface area contributed by atoms with Crippen molar-refractivity contribution in [1.29, 1.82) is 0 Å². The molecule has 0 radical (unpaired) electrons. The predicted octanol–water partition coefficient (Wildman–Crippen LogP) is 2.54. The predicted molar refractivity (Wildman–Crippen MR) is 103 cm³/mol. The molecule has 2 rings (SSSR count). The van der Waals surface area contributed by atoms with Crippen molar-refractivity contribution in [1.82, 2.24) is 10.6 Å². The van der Waals surface area contributed by atoms with Gasteiger partial charge in [-0.25, -0.2) is 12.8 Å². The zero-order valence-corrected chi connectivity index (χ0v) is 16.0. The van der Waals surface area contributed by atoms with E-state index in [4.69, 9.17) is 0 Å². The highest BCUT2D eigenvalue weighted by Crippen LogP contribution is 2.09. The van der Waals surface area contributed by atoms with Crippen LogP contribution in [0.15, 0.2) is 47.5 Å². The average Bonchev–Trinajstić information content (AvgIpc) is 2.58. The van der Waals surface area contributed by atoms with Crippen molar-refractivity contribution in [3.05, 3.63) is 70.5 Å². The smallest absolute Gasteiger partial charge is 0.191 e. The summed E-state index contributed by atoms with van der Waals surface area (Å²) in [6.07, 6.45) is 1.22. The number of sulfone groups is 1. The molecule has 0 heterocycles. The maximum absolute atomic E-state index is 13.3. The lowest BCUT2D eigenvalue weighted by Crippen LogP contribution is -2.36. The number of benzene rings is 2. The minimum atomic E-state index is -3.03. The molecule has 140 valence electrons. The molecule has 0 aliphatic carbocycles. The first-order valence-electron chi connectivity index (χ1n) is 8.22. The van der Waals surface area contributed by atoms with E-state index in [0.717, 1.165) is 16.7 Å². The van der Waals surface area contributed by atoms with Crippen LogP contribution in [0.2, 0.25) is 0 Å². The van der Waals surface area contributed by atoms with Crippen molar-refractivity contribution in [2.75, 3.05) is 13.3 Å². The standard InChI is InChI=1S/C19H24FN3O2S/c1-14-10-17(8-9-18(14)20)12-23-19(21-2)22-11-15-4-6-16(7-5-15)13-26(3,24)25/h4-10H,11-13H2,1-3H3,(H2,21,22,23). The Labute approximate surface area is 154 Å². The van der Waals surface area contributed by atoms with Crippen molar-refractivity contribution in [3.8, 4) is 0 Å². The van der Waals surface area contributed by atoms with Gasteiger partial charge < -0.3 is 10.6 Å². The molecule has 0 bridgehead atoms. The summed E-state index contributed by atoms with van der Waals surface area (Å²) in [6.45, 7) is 2.83. The zero-order chi connectivity index (χ0) is 19.2. The van der Waals surface area contributed by atoms with Gasteiger partial charge in [-0.3, -0.25) is 4.99 Å². The molecule has 0 amide bonds. The first-order valence-corrected chi connectivity index (χ1v) is 10.3. The molecule has 0 spiro atoms. The number of nitrogens with zero attached hydrogens (tertiary/aromatic N) is 1. The SMILES string of the molecule is CN=C(NCc1ccc(CS(C)(=O)=O)cc1)NCc1ccc(F)c(C)c1. The van der Waals surface area contributed by atoms with Crippen LogP contribution in [0.1, 0.15) is 22.3 Å². The summed E-state index contributed by atoms with van der Waals surface area (Å²) in [4.78, 5) is 4.17. The van der Waals surface area contributed by atoms with Gasteiger partial charge in [0.15, 0.2) is 15.8 Å². The molecule has 0 saturated heterocycles. The molecule has 2 aromatic rings. The van der Waals surface area contributed by atoms with E-state index in [2.05, 4.69) is 15.6 Å². The number of aryl methyl sites for hydroxylation is 1. The van der Waals surface area contributed by atoms with Crippen LogP contribution in [0.3, 0.4) is 0 Å². The number of nitrogens with one attached hydrogen (secondary N) is 2. The van der Waals surface area contributed by atoms with Gasteiger partial charge in [0.25, 0.3) is 0 Å². The summed E-state index contributed by atoms with van der Waals surface area (Å²) in [7, 11) is -1.35. The summed E-state index contributed by atoms with van der Waals surface area (Å²) in [6, 6.07) is 12.4. The highest BCUT2D eigenvalue weighted by atomic mass is 32.2. The summed E-state index contributed by atoms with van der Waals surface area (Å²) in [5.41, 5.74) is 3.37. The van der Waals surface area contributed by atoms with E-state index in [1.807, 2.05) is 24.3 Å². The van der Waals surface area contributed by atoms with Gasteiger partial charge in [0, 0.05) is 26.4 Å². The Balaban J connectivity index is 1.87. The first kappa shape index (κ1) is 19.9. The highest BCUT2D eigenvalue weighted by Gasteiger charge is 2.05. The van der Waals surface area contributed by atoms with Gasteiger partial charge in [-0.2, -0.15) is 0 Å². The Morgan fingerprint density at radius 3 is 2.08 bits per heavy atom. The Hall–Kier alpha value is -2.41. The number of hydrogen-bond acceptors (Lipinski definition) is 3. The number of hydrogen-bond donors (Lipinski definition) is 2. The highest BCUT2D eigenvalue weighted by molar-refractivity contribution is 7.89. The maximum atomic E-state index is 13.3. The van der Waals surface area contributed by atoms with Gasteiger partial charge in [-0.15, -0.1) is 0 Å². The van der Waals surface area contributed by atoms with Crippen LogP contribution in [0.25, 0.3) is 0 Å². The van der Waals surface area contributed by atoms with E-state index < -0.39 is 9.84 Å². The topological polar surface area (TPSA) is 70.6 Å². The van der Waals surface area contributed by atoms with E-state index >= 15 is 0 Å². The van der Waals surface area contributed by atoms with Crippen LogP contribution in [0.4, 0.5) is 4.39 Å². The zero-order valence-electron chi connectivity index (χ0n) is 15.2. The van der Waals surface area contributed by atoms with Crippen LogP contribution < -0.4 is 10.6 Å². The van der Waals surface area contributed by atoms with Crippen molar-refractivity contribution in [3.63, 3.8) is 0 Å². The number of aliphatic imine (C=N–C) groups is 1. The minimum absolute atomic E-state index is 0.0427. The largest absolute Gasteiger partial charge is 0.352 e. The van der Waals surface area contributed by atoms with Gasteiger partial charge >= 0.3 is 0 Å². The van der Waals surface area contributed by atoms with Crippen molar-refractivity contribution < 1.29 is 12.8 Å². The molecule has 5 nitrogen and oxygen atoms in total. The number of rotatable bonds is 6. The molecule has 0 fully saturated rings. The second-order valence-electron chi connectivity index (χ2n) is 6.25. The fourth-order valence-electron chi connectivity index (χ4n) is 2.47. The van der Waals surface area contributed by atoms with Gasteiger partial charge in [0.1, 0.15) is 5.82 Å². The fraction of sp³-hybridized carbons (Fsp3) is 0.316. The summed E-state index contributed by atoms with van der Waals surface area (Å²) < 4.78 is 35.9. The Morgan fingerprint density at radius 1 is 1.00 bits per heavy atom. The van der Waals surface area contributed by atoms with Gasteiger partial charge in [0.2, 0.25) is 0 Å². The first-order chi connectivity index (χ1) is 12.3. The van der Waals surface area contributed by atoms with Crippen molar-refractivity contribution in [2.24, 2.45) is 4.99 Å². The van der Waals surface area contributed by atoms with Gasteiger partial charge in [-0.1, -0.05) is 36.4 Å². The Bertz CT molecular complexity index is 878. The second-order valence-corrected chi connectivity index (χ2v) is 8.39. The Kier molecular flexibility index (Phi) is 6.74. The third-order valence-corrected chi connectivity index (χ3v) is 4.68. The summed E-state index contributed by atoms with van der Waals surface area (Å²) in [5, 5.41) is 6.38. The molecule has 0 atom stereocenters.